The highest BCUT2D eigenvalue weighted by Crippen LogP contribution is 2.43. The number of thioether (sulfide) groups is 1. The maximum absolute atomic E-state index is 13.5. The maximum Gasteiger partial charge on any atom is 0.305 e. The van der Waals surface area contributed by atoms with Gasteiger partial charge in [-0.1, -0.05) is 6.92 Å². The molecule has 1 aliphatic rings. The fraction of sp³-hybridized carbons (Fsp3) is 0.286. The molecule has 9 heteroatoms. The summed E-state index contributed by atoms with van der Waals surface area (Å²) in [6.07, 6.45) is 0.596. The molecule has 0 saturated heterocycles. The van der Waals surface area contributed by atoms with Crippen LogP contribution < -0.4 is 9.64 Å². The number of amides is 1. The fourth-order valence-corrected chi connectivity index (χ4v) is 5.40. The molecule has 1 aliphatic heterocycles. The van der Waals surface area contributed by atoms with Gasteiger partial charge in [0.05, 0.1) is 40.7 Å². The minimum Gasteiger partial charge on any atom is -0.494 e. The number of rotatable bonds is 7. The third-order valence-corrected chi connectivity index (χ3v) is 6.81. The number of halogens is 1. The van der Waals surface area contributed by atoms with Crippen molar-refractivity contribution in [1.82, 2.24) is 4.98 Å². The third kappa shape index (κ3) is 4.27. The Morgan fingerprint density at radius 2 is 2.13 bits per heavy atom. The standard InChI is InChI=1S/C21H19FN2O4S2/c1-2-7-28-13-4-5-15-17(9-13)29-18(10-20(25)26)21(27)24(15)11-19-23-14-8-12(22)3-6-16(14)30-19/h3-6,8-9,18H,2,7,10-11H2,1H3,(H,25,26). The van der Waals surface area contributed by atoms with Crippen LogP contribution in [0.3, 0.4) is 0 Å². The van der Waals surface area contributed by atoms with Crippen LogP contribution in [0.15, 0.2) is 41.3 Å². The number of benzene rings is 2. The van der Waals surface area contributed by atoms with Crippen LogP contribution in [0.4, 0.5) is 10.1 Å². The predicted octanol–water partition coefficient (Wildman–Crippen LogP) is 4.71. The number of carbonyl (C=O) groups is 2. The van der Waals surface area contributed by atoms with Gasteiger partial charge in [-0.15, -0.1) is 23.1 Å². The molecular weight excluding hydrogens is 427 g/mol. The number of carboxylic acids is 1. The second-order valence-corrected chi connectivity index (χ2v) is 9.19. The van der Waals surface area contributed by atoms with Crippen molar-refractivity contribution in [2.45, 2.75) is 36.5 Å². The van der Waals surface area contributed by atoms with Crippen molar-refractivity contribution in [2.24, 2.45) is 0 Å². The van der Waals surface area contributed by atoms with Crippen LogP contribution in [0.5, 0.6) is 5.75 Å². The van der Waals surface area contributed by atoms with Gasteiger partial charge in [-0.2, -0.15) is 0 Å². The lowest BCUT2D eigenvalue weighted by molar-refractivity contribution is -0.138. The van der Waals surface area contributed by atoms with Crippen molar-refractivity contribution in [2.75, 3.05) is 11.5 Å². The first-order valence-electron chi connectivity index (χ1n) is 9.46. The van der Waals surface area contributed by atoms with E-state index < -0.39 is 11.2 Å². The SMILES string of the molecule is CCCOc1ccc2c(c1)SC(CC(=O)O)C(=O)N2Cc1nc2cc(F)ccc2s1. The summed E-state index contributed by atoms with van der Waals surface area (Å²) >= 11 is 2.63. The van der Waals surface area contributed by atoms with Crippen molar-refractivity contribution >= 4 is 50.9 Å². The second kappa shape index (κ2) is 8.61. The average molecular weight is 447 g/mol. The van der Waals surface area contributed by atoms with E-state index in [1.807, 2.05) is 19.1 Å². The van der Waals surface area contributed by atoms with Crippen molar-refractivity contribution in [1.29, 1.82) is 0 Å². The topological polar surface area (TPSA) is 79.7 Å². The number of hydrogen-bond acceptors (Lipinski definition) is 6. The van der Waals surface area contributed by atoms with E-state index in [1.165, 1.54) is 35.2 Å². The lowest BCUT2D eigenvalue weighted by Gasteiger charge is -2.33. The Labute approximate surface area is 180 Å². The molecule has 0 saturated carbocycles. The van der Waals surface area contributed by atoms with Gasteiger partial charge >= 0.3 is 5.97 Å². The number of ether oxygens (including phenoxy) is 1. The number of hydrogen-bond donors (Lipinski definition) is 1. The Morgan fingerprint density at radius 3 is 2.90 bits per heavy atom. The van der Waals surface area contributed by atoms with E-state index in [2.05, 4.69) is 4.98 Å². The van der Waals surface area contributed by atoms with E-state index in [4.69, 9.17) is 4.74 Å². The molecule has 30 heavy (non-hydrogen) atoms. The summed E-state index contributed by atoms with van der Waals surface area (Å²) in [5.74, 6) is -0.987. The molecule has 1 unspecified atom stereocenters. The summed E-state index contributed by atoms with van der Waals surface area (Å²) in [7, 11) is 0. The number of carboxylic acid groups (broad SMARTS) is 1. The van der Waals surface area contributed by atoms with Crippen molar-refractivity contribution in [3.05, 3.63) is 47.2 Å². The van der Waals surface area contributed by atoms with Gasteiger partial charge in [-0.05, 0) is 36.8 Å². The van der Waals surface area contributed by atoms with Gasteiger partial charge in [0.25, 0.3) is 0 Å². The largest absolute Gasteiger partial charge is 0.494 e. The highest BCUT2D eigenvalue weighted by Gasteiger charge is 2.35. The Bertz CT molecular complexity index is 1120. The molecule has 0 fully saturated rings. The van der Waals surface area contributed by atoms with Crippen LogP contribution >= 0.6 is 23.1 Å². The summed E-state index contributed by atoms with van der Waals surface area (Å²) in [4.78, 5) is 31.2. The first-order chi connectivity index (χ1) is 14.4. The molecular formula is C21H19FN2O4S2. The minimum absolute atomic E-state index is 0.193. The molecule has 0 spiro atoms. The molecule has 4 rings (SSSR count). The van der Waals surface area contributed by atoms with Crippen LogP contribution in [-0.2, 0) is 16.1 Å². The summed E-state index contributed by atoms with van der Waals surface area (Å²) in [5, 5.41) is 9.17. The zero-order chi connectivity index (χ0) is 21.3. The zero-order valence-electron chi connectivity index (χ0n) is 16.1. The third-order valence-electron chi connectivity index (χ3n) is 4.55. The van der Waals surface area contributed by atoms with Gasteiger partial charge in [0, 0.05) is 11.0 Å². The molecule has 0 bridgehead atoms. The number of aromatic nitrogens is 1. The normalized spacial score (nSPS) is 16.0. The molecule has 1 N–H and O–H groups in total. The first kappa shape index (κ1) is 20.6. The van der Waals surface area contributed by atoms with Gasteiger partial charge in [-0.25, -0.2) is 9.37 Å². The quantitative estimate of drug-likeness (QED) is 0.566. The van der Waals surface area contributed by atoms with Gasteiger partial charge in [0.15, 0.2) is 0 Å². The maximum atomic E-state index is 13.5. The van der Waals surface area contributed by atoms with Crippen LogP contribution in [0.2, 0.25) is 0 Å². The van der Waals surface area contributed by atoms with Crippen molar-refractivity contribution in [3.63, 3.8) is 0 Å². The molecule has 2 aromatic carbocycles. The van der Waals surface area contributed by atoms with E-state index in [-0.39, 0.29) is 24.7 Å². The monoisotopic (exact) mass is 446 g/mol. The lowest BCUT2D eigenvalue weighted by atomic mass is 10.2. The molecule has 1 atom stereocenters. The predicted molar refractivity (Wildman–Crippen MR) is 115 cm³/mol. The highest BCUT2D eigenvalue weighted by atomic mass is 32.2. The molecule has 2 heterocycles. The Morgan fingerprint density at radius 1 is 1.30 bits per heavy atom. The molecule has 0 aliphatic carbocycles. The van der Waals surface area contributed by atoms with E-state index in [0.717, 1.165) is 16.0 Å². The van der Waals surface area contributed by atoms with Crippen LogP contribution in [0, 0.1) is 5.82 Å². The zero-order valence-corrected chi connectivity index (χ0v) is 17.8. The highest BCUT2D eigenvalue weighted by molar-refractivity contribution is 8.01. The molecule has 1 amide bonds. The Hall–Kier alpha value is -2.65. The molecule has 1 aromatic heterocycles. The van der Waals surface area contributed by atoms with Gasteiger partial charge in [0.2, 0.25) is 5.91 Å². The van der Waals surface area contributed by atoms with Gasteiger partial charge in [0.1, 0.15) is 16.6 Å². The minimum atomic E-state index is -1.03. The van der Waals surface area contributed by atoms with Crippen LogP contribution in [-0.4, -0.2) is 33.8 Å². The summed E-state index contributed by atoms with van der Waals surface area (Å²) in [6, 6.07) is 9.87. The lowest BCUT2D eigenvalue weighted by Crippen LogP contribution is -2.41. The molecule has 6 nitrogen and oxygen atoms in total. The van der Waals surface area contributed by atoms with E-state index >= 15 is 0 Å². The Kier molecular flexibility index (Phi) is 5.92. The van der Waals surface area contributed by atoms with E-state index in [1.54, 1.807) is 17.0 Å². The summed E-state index contributed by atoms with van der Waals surface area (Å²) in [5.41, 5.74) is 1.24. The fourth-order valence-electron chi connectivity index (χ4n) is 3.22. The van der Waals surface area contributed by atoms with Crippen LogP contribution in [0.25, 0.3) is 10.2 Å². The average Bonchev–Trinajstić information content (AvgIpc) is 3.10. The van der Waals surface area contributed by atoms with Crippen molar-refractivity contribution in [3.8, 4) is 5.75 Å². The van der Waals surface area contributed by atoms with Gasteiger partial charge in [-0.3, -0.25) is 9.59 Å². The first-order valence-corrected chi connectivity index (χ1v) is 11.2. The van der Waals surface area contributed by atoms with Crippen molar-refractivity contribution < 1.29 is 23.8 Å². The number of anilines is 1. The second-order valence-electron chi connectivity index (χ2n) is 6.83. The van der Waals surface area contributed by atoms with Crippen LogP contribution in [0.1, 0.15) is 24.8 Å². The summed E-state index contributed by atoms with van der Waals surface area (Å²) in [6.45, 7) is 2.78. The van der Waals surface area contributed by atoms with Gasteiger partial charge < -0.3 is 14.7 Å². The number of aliphatic carboxylic acids is 1. The Balaban J connectivity index is 1.68. The summed E-state index contributed by atoms with van der Waals surface area (Å²) < 4.78 is 20.0. The smallest absolute Gasteiger partial charge is 0.305 e. The number of carbonyl (C=O) groups excluding carboxylic acids is 1. The van der Waals surface area contributed by atoms with E-state index in [0.29, 0.717) is 28.6 Å². The number of nitrogens with zero attached hydrogens (tertiary/aromatic N) is 2. The number of fused-ring (bicyclic) bond motifs is 2. The molecule has 156 valence electrons. The molecule has 0 radical (unpaired) electrons. The number of thiazole rings is 1. The molecule has 3 aromatic rings. The van der Waals surface area contributed by atoms with E-state index in [9.17, 15) is 19.1 Å².